The first kappa shape index (κ1) is 14.2. The van der Waals surface area contributed by atoms with Gasteiger partial charge in [-0.1, -0.05) is 15.9 Å². The van der Waals surface area contributed by atoms with Crippen LogP contribution < -0.4 is 0 Å². The molecule has 3 rings (SSSR count). The molecule has 0 saturated carbocycles. The Kier molecular flexibility index (Phi) is 3.70. The van der Waals surface area contributed by atoms with Crippen LogP contribution in [0.25, 0.3) is 0 Å². The first-order chi connectivity index (χ1) is 9.48. The van der Waals surface area contributed by atoms with Gasteiger partial charge in [0.1, 0.15) is 10.7 Å². The molecule has 0 aliphatic carbocycles. The molecular weight excluding hydrogens is 365 g/mol. The number of rotatable bonds is 2. The van der Waals surface area contributed by atoms with Gasteiger partial charge in [-0.3, -0.25) is 0 Å². The van der Waals surface area contributed by atoms with E-state index in [9.17, 15) is 12.8 Å². The van der Waals surface area contributed by atoms with Crippen molar-refractivity contribution in [3.8, 4) is 0 Å². The van der Waals surface area contributed by atoms with Crippen molar-refractivity contribution >= 4 is 37.3 Å². The van der Waals surface area contributed by atoms with E-state index in [0.717, 1.165) is 5.56 Å². The van der Waals surface area contributed by atoms with Crippen molar-refractivity contribution in [1.29, 1.82) is 0 Å². The molecule has 1 aromatic heterocycles. The summed E-state index contributed by atoms with van der Waals surface area (Å²) >= 11 is 4.77. The molecule has 1 aliphatic rings. The summed E-state index contributed by atoms with van der Waals surface area (Å²) in [6, 6.07) is 5.94. The minimum atomic E-state index is -3.79. The third-order valence-electron chi connectivity index (χ3n) is 3.28. The van der Waals surface area contributed by atoms with Crippen molar-refractivity contribution in [3.63, 3.8) is 0 Å². The van der Waals surface area contributed by atoms with Crippen LogP contribution in [0.2, 0.25) is 0 Å². The number of hydrogen-bond donors (Lipinski definition) is 0. The largest absolute Gasteiger partial charge is 0.246 e. The zero-order chi connectivity index (χ0) is 14.3. The maximum atomic E-state index is 13.9. The molecule has 0 saturated heterocycles. The summed E-state index contributed by atoms with van der Waals surface area (Å²) in [5, 5.41) is 1.96. The molecule has 1 aromatic carbocycles. The van der Waals surface area contributed by atoms with Gasteiger partial charge in [0.15, 0.2) is 0 Å². The molecule has 106 valence electrons. The molecule has 7 heteroatoms. The summed E-state index contributed by atoms with van der Waals surface area (Å²) in [4.78, 5) is 0.951. The molecule has 20 heavy (non-hydrogen) atoms. The standard InChI is InChI=1S/C13H11BrFNO2S2/c14-10-1-2-13(11(15)7-10)20(17,18)16-5-3-12-9(8-16)4-6-19-12/h1-2,4,6-7H,3,5,8H2. The zero-order valence-corrected chi connectivity index (χ0v) is 13.6. The van der Waals surface area contributed by atoms with Gasteiger partial charge in [-0.15, -0.1) is 11.3 Å². The van der Waals surface area contributed by atoms with Crippen LogP contribution in [-0.4, -0.2) is 19.3 Å². The zero-order valence-electron chi connectivity index (χ0n) is 10.3. The highest BCUT2D eigenvalue weighted by atomic mass is 79.9. The van der Waals surface area contributed by atoms with Crippen molar-refractivity contribution in [3.05, 3.63) is 50.4 Å². The molecule has 3 nitrogen and oxygen atoms in total. The van der Waals surface area contributed by atoms with Gasteiger partial charge in [-0.2, -0.15) is 4.31 Å². The maximum absolute atomic E-state index is 13.9. The van der Waals surface area contributed by atoms with Crippen molar-refractivity contribution in [1.82, 2.24) is 4.31 Å². The number of hydrogen-bond acceptors (Lipinski definition) is 3. The van der Waals surface area contributed by atoms with E-state index in [0.29, 0.717) is 24.0 Å². The average molecular weight is 376 g/mol. The molecule has 2 heterocycles. The highest BCUT2D eigenvalue weighted by Crippen LogP contribution is 2.29. The molecular formula is C13H11BrFNO2S2. The lowest BCUT2D eigenvalue weighted by atomic mass is 10.1. The van der Waals surface area contributed by atoms with Gasteiger partial charge in [-0.05, 0) is 41.6 Å². The van der Waals surface area contributed by atoms with Gasteiger partial charge in [-0.25, -0.2) is 12.8 Å². The number of thiophene rings is 1. The van der Waals surface area contributed by atoms with E-state index in [4.69, 9.17) is 0 Å². The van der Waals surface area contributed by atoms with Gasteiger partial charge in [0, 0.05) is 22.4 Å². The predicted octanol–water partition coefficient (Wildman–Crippen LogP) is 3.40. The Hall–Kier alpha value is -0.760. The summed E-state index contributed by atoms with van der Waals surface area (Å²) in [5.41, 5.74) is 1.02. The summed E-state index contributed by atoms with van der Waals surface area (Å²) in [6.45, 7) is 0.710. The topological polar surface area (TPSA) is 37.4 Å². The highest BCUT2D eigenvalue weighted by Gasteiger charge is 2.30. The lowest BCUT2D eigenvalue weighted by molar-refractivity contribution is 0.391. The predicted molar refractivity (Wildman–Crippen MR) is 79.7 cm³/mol. The normalized spacial score (nSPS) is 16.1. The Morgan fingerprint density at radius 3 is 2.85 bits per heavy atom. The summed E-state index contributed by atoms with van der Waals surface area (Å²) < 4.78 is 40.8. The molecule has 1 aliphatic heterocycles. The lowest BCUT2D eigenvalue weighted by Crippen LogP contribution is -2.35. The fourth-order valence-corrected chi connectivity index (χ4v) is 4.94. The summed E-state index contributed by atoms with van der Waals surface area (Å²) in [6.07, 6.45) is 0.685. The van der Waals surface area contributed by atoms with Crippen LogP contribution in [0, 0.1) is 5.82 Å². The number of sulfonamides is 1. The van der Waals surface area contributed by atoms with Crippen LogP contribution in [0.4, 0.5) is 4.39 Å². The lowest BCUT2D eigenvalue weighted by Gasteiger charge is -2.26. The van der Waals surface area contributed by atoms with Crippen molar-refractivity contribution in [2.24, 2.45) is 0 Å². The Morgan fingerprint density at radius 1 is 1.30 bits per heavy atom. The van der Waals surface area contributed by atoms with E-state index in [1.807, 2.05) is 11.4 Å². The monoisotopic (exact) mass is 375 g/mol. The van der Waals surface area contributed by atoms with Gasteiger partial charge in [0.05, 0.1) is 0 Å². The number of nitrogens with zero attached hydrogens (tertiary/aromatic N) is 1. The minimum Gasteiger partial charge on any atom is -0.207 e. The molecule has 0 unspecified atom stereocenters. The fourth-order valence-electron chi connectivity index (χ4n) is 2.25. The summed E-state index contributed by atoms with van der Waals surface area (Å²) in [7, 11) is -3.79. The molecule has 0 N–H and O–H groups in total. The molecule has 0 bridgehead atoms. The Labute approximate surface area is 129 Å². The van der Waals surface area contributed by atoms with Gasteiger partial charge >= 0.3 is 0 Å². The molecule has 0 amide bonds. The van der Waals surface area contributed by atoms with Crippen molar-refractivity contribution in [2.75, 3.05) is 6.54 Å². The number of fused-ring (bicyclic) bond motifs is 1. The minimum absolute atomic E-state index is 0.264. The van der Waals surface area contributed by atoms with Gasteiger partial charge in [0.2, 0.25) is 10.0 Å². The second-order valence-corrected chi connectivity index (χ2v) is 8.36. The van der Waals surface area contributed by atoms with E-state index in [1.165, 1.54) is 27.4 Å². The third-order valence-corrected chi connectivity index (χ3v) is 6.68. The second kappa shape index (κ2) is 5.22. The van der Waals surface area contributed by atoms with Crippen LogP contribution in [0.1, 0.15) is 10.4 Å². The second-order valence-electron chi connectivity index (χ2n) is 4.53. The quantitative estimate of drug-likeness (QED) is 0.806. The first-order valence-corrected chi connectivity index (χ1v) is 9.10. The average Bonchev–Trinajstić information content (AvgIpc) is 2.85. The van der Waals surface area contributed by atoms with Crippen LogP contribution in [0.5, 0.6) is 0 Å². The van der Waals surface area contributed by atoms with Gasteiger partial charge < -0.3 is 0 Å². The van der Waals surface area contributed by atoms with Crippen molar-refractivity contribution in [2.45, 2.75) is 17.9 Å². The van der Waals surface area contributed by atoms with E-state index in [2.05, 4.69) is 15.9 Å². The van der Waals surface area contributed by atoms with E-state index < -0.39 is 15.8 Å². The Balaban J connectivity index is 1.97. The molecule has 0 radical (unpaired) electrons. The number of benzene rings is 1. The molecule has 0 atom stereocenters. The fraction of sp³-hybridized carbons (Fsp3) is 0.231. The van der Waals surface area contributed by atoms with Gasteiger partial charge in [0.25, 0.3) is 0 Å². The van der Waals surface area contributed by atoms with E-state index in [-0.39, 0.29) is 4.90 Å². The summed E-state index contributed by atoms with van der Waals surface area (Å²) in [5.74, 6) is -0.726. The maximum Gasteiger partial charge on any atom is 0.246 e. The SMILES string of the molecule is O=S(=O)(c1ccc(Br)cc1F)N1CCc2sccc2C1. The third kappa shape index (κ3) is 2.43. The van der Waals surface area contributed by atoms with Crippen LogP contribution in [0.15, 0.2) is 39.0 Å². The number of halogens is 2. The molecule has 0 fully saturated rings. The van der Waals surface area contributed by atoms with Crippen LogP contribution in [-0.2, 0) is 23.0 Å². The first-order valence-electron chi connectivity index (χ1n) is 5.99. The Bertz CT molecular complexity index is 757. The highest BCUT2D eigenvalue weighted by molar-refractivity contribution is 9.10. The Morgan fingerprint density at radius 2 is 2.10 bits per heavy atom. The molecule has 0 spiro atoms. The molecule has 2 aromatic rings. The van der Waals surface area contributed by atoms with Crippen molar-refractivity contribution < 1.29 is 12.8 Å². The van der Waals surface area contributed by atoms with E-state index in [1.54, 1.807) is 11.3 Å². The smallest absolute Gasteiger partial charge is 0.207 e. The van der Waals surface area contributed by atoms with Crippen LogP contribution >= 0.6 is 27.3 Å². The van der Waals surface area contributed by atoms with Crippen LogP contribution in [0.3, 0.4) is 0 Å². The van der Waals surface area contributed by atoms with E-state index >= 15 is 0 Å².